The highest BCUT2D eigenvalue weighted by atomic mass is 16.5. The largest absolute Gasteiger partial charge is 0.497 e. The maximum atomic E-state index is 11.8. The lowest BCUT2D eigenvalue weighted by Crippen LogP contribution is -2.47. The van der Waals surface area contributed by atoms with Gasteiger partial charge in [-0.15, -0.1) is 0 Å². The summed E-state index contributed by atoms with van der Waals surface area (Å²) in [7, 11) is 1.70. The van der Waals surface area contributed by atoms with Gasteiger partial charge in [-0.25, -0.2) is 0 Å². The van der Waals surface area contributed by atoms with Crippen molar-refractivity contribution in [3.05, 3.63) is 83.7 Å². The van der Waals surface area contributed by atoms with Gasteiger partial charge in [0.1, 0.15) is 5.75 Å². The summed E-state index contributed by atoms with van der Waals surface area (Å²) in [4.78, 5) is 23.4. The van der Waals surface area contributed by atoms with Gasteiger partial charge in [0.05, 0.1) is 19.3 Å². The summed E-state index contributed by atoms with van der Waals surface area (Å²) in [5, 5.41) is 2.89. The fraction of sp³-hybridized carbons (Fsp3) is 0.379. The molecule has 1 N–H and O–H groups in total. The number of carbonyl (C=O) groups excluding carboxylic acids is 1. The van der Waals surface area contributed by atoms with Crippen LogP contribution in [0.3, 0.4) is 0 Å². The Hall–Kier alpha value is -3.58. The van der Waals surface area contributed by atoms with Gasteiger partial charge in [0.15, 0.2) is 0 Å². The van der Waals surface area contributed by atoms with Gasteiger partial charge in [0.2, 0.25) is 5.91 Å². The molecular weight excluding hydrogens is 450 g/mol. The van der Waals surface area contributed by atoms with Gasteiger partial charge in [0.25, 0.3) is 0 Å². The lowest BCUT2D eigenvalue weighted by Gasteiger charge is -2.28. The molecule has 5 rings (SSSR count). The molecule has 2 aliphatic rings. The Labute approximate surface area is 213 Å². The van der Waals surface area contributed by atoms with Crippen molar-refractivity contribution in [2.24, 2.45) is 0 Å². The van der Waals surface area contributed by atoms with Crippen molar-refractivity contribution < 1.29 is 9.53 Å². The Morgan fingerprint density at radius 2 is 1.78 bits per heavy atom. The summed E-state index contributed by atoms with van der Waals surface area (Å²) in [6.45, 7) is 6.46. The molecule has 3 aromatic rings. The number of amides is 1. The molecule has 7 nitrogen and oxygen atoms in total. The third kappa shape index (κ3) is 6.15. The molecule has 0 spiro atoms. The first-order valence-corrected chi connectivity index (χ1v) is 12.8. The maximum Gasteiger partial charge on any atom is 0.234 e. The van der Waals surface area contributed by atoms with E-state index in [1.165, 1.54) is 29.7 Å². The molecule has 3 heterocycles. The molecule has 1 amide bonds. The third-order valence-corrected chi connectivity index (χ3v) is 6.96. The maximum absolute atomic E-state index is 11.8. The molecule has 1 aromatic heterocycles. The molecule has 0 radical (unpaired) electrons. The number of hydrogen-bond donors (Lipinski definition) is 1. The second kappa shape index (κ2) is 11.4. The first kappa shape index (κ1) is 24.1. The lowest BCUT2D eigenvalue weighted by atomic mass is 10.1. The summed E-state index contributed by atoms with van der Waals surface area (Å²) in [5.41, 5.74) is 5.86. The van der Waals surface area contributed by atoms with Crippen molar-refractivity contribution in [3.63, 3.8) is 0 Å². The second-order valence-electron chi connectivity index (χ2n) is 9.63. The summed E-state index contributed by atoms with van der Waals surface area (Å²) >= 11 is 0. The fourth-order valence-electron chi connectivity index (χ4n) is 5.04. The van der Waals surface area contributed by atoms with Gasteiger partial charge in [0, 0.05) is 63.4 Å². The zero-order valence-corrected chi connectivity index (χ0v) is 21.0. The van der Waals surface area contributed by atoms with Crippen molar-refractivity contribution in [1.82, 2.24) is 15.2 Å². The van der Waals surface area contributed by atoms with Crippen LogP contribution < -0.4 is 19.9 Å². The standard InChI is InChI=1S/C29H35N5O2/c1-36-28-6-4-5-24(17-28)20-34(19-23-7-9-26(10-8-23)33-14-2-3-15-33)27-11-12-30-25(18-27)21-32-16-13-31-29(35)22-32/h4-12,17-18H,2-3,13-16,19-22H2,1H3,(H,31,35). The molecule has 2 aliphatic heterocycles. The van der Waals surface area contributed by atoms with E-state index in [0.29, 0.717) is 19.6 Å². The highest BCUT2D eigenvalue weighted by Crippen LogP contribution is 2.25. The van der Waals surface area contributed by atoms with E-state index in [2.05, 4.69) is 73.5 Å². The second-order valence-corrected chi connectivity index (χ2v) is 9.63. The monoisotopic (exact) mass is 485 g/mol. The van der Waals surface area contributed by atoms with Crippen molar-refractivity contribution in [1.29, 1.82) is 0 Å². The van der Waals surface area contributed by atoms with Gasteiger partial charge in [-0.1, -0.05) is 24.3 Å². The Kier molecular flexibility index (Phi) is 7.67. The average molecular weight is 486 g/mol. The Bertz CT molecular complexity index is 1160. The van der Waals surface area contributed by atoms with E-state index >= 15 is 0 Å². The Balaban J connectivity index is 1.37. The van der Waals surface area contributed by atoms with E-state index < -0.39 is 0 Å². The first-order chi connectivity index (χ1) is 17.7. The molecule has 0 atom stereocenters. The SMILES string of the molecule is COc1cccc(CN(Cc2ccc(N3CCCC3)cc2)c2ccnc(CN3CCNC(=O)C3)c2)c1. The van der Waals surface area contributed by atoms with E-state index in [-0.39, 0.29) is 5.91 Å². The number of nitrogens with zero attached hydrogens (tertiary/aromatic N) is 4. The summed E-state index contributed by atoms with van der Waals surface area (Å²) in [5.74, 6) is 0.940. The number of nitrogens with one attached hydrogen (secondary N) is 1. The average Bonchev–Trinajstić information content (AvgIpc) is 3.44. The minimum absolute atomic E-state index is 0.0782. The van der Waals surface area contributed by atoms with Crippen molar-refractivity contribution in [2.75, 3.05) is 49.6 Å². The predicted octanol–water partition coefficient (Wildman–Crippen LogP) is 3.83. The van der Waals surface area contributed by atoms with Crippen molar-refractivity contribution >= 4 is 17.3 Å². The Morgan fingerprint density at radius 3 is 2.56 bits per heavy atom. The van der Waals surface area contributed by atoms with Crippen LogP contribution in [0.2, 0.25) is 0 Å². The van der Waals surface area contributed by atoms with Crippen LogP contribution in [0.4, 0.5) is 11.4 Å². The zero-order valence-electron chi connectivity index (χ0n) is 21.0. The van der Waals surface area contributed by atoms with Gasteiger partial charge in [-0.05, 0) is 60.4 Å². The number of pyridine rings is 1. The van der Waals surface area contributed by atoms with Crippen LogP contribution in [0.1, 0.15) is 29.7 Å². The normalized spacial score (nSPS) is 16.1. The number of hydrogen-bond acceptors (Lipinski definition) is 6. The number of methoxy groups -OCH3 is 1. The van der Waals surface area contributed by atoms with Gasteiger partial charge in [-0.2, -0.15) is 0 Å². The molecule has 7 heteroatoms. The van der Waals surface area contributed by atoms with Crippen LogP contribution in [0.5, 0.6) is 5.75 Å². The topological polar surface area (TPSA) is 60.9 Å². The van der Waals surface area contributed by atoms with Crippen LogP contribution >= 0.6 is 0 Å². The number of anilines is 2. The molecule has 2 saturated heterocycles. The summed E-state index contributed by atoms with van der Waals surface area (Å²) in [6, 6.07) is 21.5. The summed E-state index contributed by atoms with van der Waals surface area (Å²) in [6.07, 6.45) is 4.44. The fourth-order valence-corrected chi connectivity index (χ4v) is 5.04. The van der Waals surface area contributed by atoms with E-state index in [1.807, 2.05) is 18.3 Å². The molecule has 36 heavy (non-hydrogen) atoms. The van der Waals surface area contributed by atoms with Crippen LogP contribution in [-0.2, 0) is 24.4 Å². The van der Waals surface area contributed by atoms with E-state index in [0.717, 1.165) is 49.9 Å². The number of piperazine rings is 1. The van der Waals surface area contributed by atoms with Gasteiger partial charge >= 0.3 is 0 Å². The van der Waals surface area contributed by atoms with Crippen LogP contribution in [-0.4, -0.2) is 55.6 Å². The molecule has 0 bridgehead atoms. The van der Waals surface area contributed by atoms with Crippen LogP contribution in [0, 0.1) is 0 Å². The molecule has 0 unspecified atom stereocenters. The number of carbonyl (C=O) groups is 1. The third-order valence-electron chi connectivity index (χ3n) is 6.96. The first-order valence-electron chi connectivity index (χ1n) is 12.8. The van der Waals surface area contributed by atoms with Crippen LogP contribution in [0.15, 0.2) is 66.9 Å². The summed E-state index contributed by atoms with van der Waals surface area (Å²) < 4.78 is 5.46. The number of rotatable bonds is 9. The quantitative estimate of drug-likeness (QED) is 0.497. The Morgan fingerprint density at radius 1 is 0.972 bits per heavy atom. The predicted molar refractivity (Wildman–Crippen MR) is 143 cm³/mol. The number of ether oxygens (including phenoxy) is 1. The highest BCUT2D eigenvalue weighted by molar-refractivity contribution is 5.78. The minimum atomic E-state index is 0.0782. The zero-order chi connectivity index (χ0) is 24.7. The number of benzene rings is 2. The molecule has 0 saturated carbocycles. The molecule has 2 fully saturated rings. The molecule has 2 aromatic carbocycles. The smallest absolute Gasteiger partial charge is 0.234 e. The van der Waals surface area contributed by atoms with Crippen molar-refractivity contribution in [3.8, 4) is 5.75 Å². The van der Waals surface area contributed by atoms with Crippen molar-refractivity contribution in [2.45, 2.75) is 32.5 Å². The van der Waals surface area contributed by atoms with E-state index in [4.69, 9.17) is 4.74 Å². The van der Waals surface area contributed by atoms with E-state index in [9.17, 15) is 4.79 Å². The highest BCUT2D eigenvalue weighted by Gasteiger charge is 2.18. The molecule has 188 valence electrons. The van der Waals surface area contributed by atoms with Crippen LogP contribution in [0.25, 0.3) is 0 Å². The van der Waals surface area contributed by atoms with E-state index in [1.54, 1.807) is 7.11 Å². The minimum Gasteiger partial charge on any atom is -0.497 e. The van der Waals surface area contributed by atoms with Gasteiger partial charge in [-0.3, -0.25) is 14.7 Å². The molecular formula is C29H35N5O2. The number of aromatic nitrogens is 1. The van der Waals surface area contributed by atoms with Gasteiger partial charge < -0.3 is 19.9 Å². The molecule has 0 aliphatic carbocycles. The lowest BCUT2D eigenvalue weighted by molar-refractivity contribution is -0.124.